The van der Waals surface area contributed by atoms with Crippen LogP contribution in [0.2, 0.25) is 5.02 Å². The van der Waals surface area contributed by atoms with Crippen molar-refractivity contribution in [2.45, 2.75) is 31.3 Å². The summed E-state index contributed by atoms with van der Waals surface area (Å²) in [6, 6.07) is 3.75. The fourth-order valence-electron chi connectivity index (χ4n) is 3.76. The van der Waals surface area contributed by atoms with E-state index in [1.165, 1.54) is 12.1 Å². The highest BCUT2D eigenvalue weighted by Gasteiger charge is 2.42. The van der Waals surface area contributed by atoms with Gasteiger partial charge in [-0.3, -0.25) is 4.79 Å². The largest absolute Gasteiger partial charge is 0.329 e. The zero-order chi connectivity index (χ0) is 17.7. The zero-order valence-electron chi connectivity index (χ0n) is 13.0. The average molecular weight is 427 g/mol. The fourth-order valence-corrected chi connectivity index (χ4v) is 4.24. The number of benzene rings is 1. The van der Waals surface area contributed by atoms with Crippen molar-refractivity contribution in [3.63, 3.8) is 0 Å². The quantitative estimate of drug-likeness (QED) is 0.671. The van der Waals surface area contributed by atoms with Crippen LogP contribution in [0.3, 0.4) is 0 Å². The lowest BCUT2D eigenvalue weighted by Crippen LogP contribution is -2.44. The lowest BCUT2D eigenvalue weighted by atomic mass is 9.95. The maximum absolute atomic E-state index is 14.1. The number of nitrogens with one attached hydrogen (secondary N) is 2. The first-order chi connectivity index (χ1) is 11.9. The molecule has 2 aliphatic heterocycles. The summed E-state index contributed by atoms with van der Waals surface area (Å²) in [5.41, 5.74) is 1.85. The molecular formula is C17H14BrClFN3O2. The Labute approximate surface area is 156 Å². The smallest absolute Gasteiger partial charge is 0.322 e. The number of urea groups is 1. The molecule has 1 aromatic heterocycles. The van der Waals surface area contributed by atoms with Gasteiger partial charge in [-0.1, -0.05) is 11.6 Å². The van der Waals surface area contributed by atoms with Crippen molar-refractivity contribution in [1.29, 1.82) is 0 Å². The van der Waals surface area contributed by atoms with Gasteiger partial charge in [-0.05, 0) is 58.5 Å². The highest BCUT2D eigenvalue weighted by molar-refractivity contribution is 9.10. The molecule has 0 radical (unpaired) electrons. The first-order valence-corrected chi connectivity index (χ1v) is 9.06. The van der Waals surface area contributed by atoms with Gasteiger partial charge < -0.3 is 15.2 Å². The Morgan fingerprint density at radius 2 is 2.16 bits per heavy atom. The molecule has 0 aliphatic carbocycles. The number of hydrogen-bond donors (Lipinski definition) is 2. The second-order valence-corrected chi connectivity index (χ2v) is 7.57. The number of aromatic nitrogens is 1. The van der Waals surface area contributed by atoms with E-state index < -0.39 is 5.82 Å². The Hall–Kier alpha value is -1.86. The number of H-pyrrole nitrogens is 1. The van der Waals surface area contributed by atoms with Gasteiger partial charge in [-0.2, -0.15) is 0 Å². The third-order valence-corrected chi connectivity index (χ3v) is 6.05. The van der Waals surface area contributed by atoms with Crippen molar-refractivity contribution in [2.75, 3.05) is 5.32 Å². The van der Waals surface area contributed by atoms with E-state index in [0.29, 0.717) is 15.9 Å². The molecule has 8 heteroatoms. The predicted molar refractivity (Wildman–Crippen MR) is 96.5 cm³/mol. The number of rotatable bonds is 1. The number of carbonyl (C=O) groups excluding carboxylic acids is 1. The molecule has 3 heterocycles. The molecule has 130 valence electrons. The van der Waals surface area contributed by atoms with Gasteiger partial charge in [0, 0.05) is 22.8 Å². The SMILES string of the molecule is O=C(Nc1cc(Cl)c(Br)cc1F)N1C2CCC1c1c[nH]c(=O)cc1C2. The van der Waals surface area contributed by atoms with Crippen molar-refractivity contribution >= 4 is 39.2 Å². The van der Waals surface area contributed by atoms with Gasteiger partial charge in [0.2, 0.25) is 5.56 Å². The Morgan fingerprint density at radius 3 is 2.96 bits per heavy atom. The highest BCUT2D eigenvalue weighted by Crippen LogP contribution is 2.43. The van der Waals surface area contributed by atoms with Crippen LogP contribution in [-0.4, -0.2) is 22.0 Å². The number of aromatic amines is 1. The summed E-state index contributed by atoms with van der Waals surface area (Å²) in [4.78, 5) is 28.7. The minimum absolute atomic E-state index is 0.00767. The number of anilines is 1. The molecular weight excluding hydrogens is 413 g/mol. The van der Waals surface area contributed by atoms with Crippen molar-refractivity contribution < 1.29 is 9.18 Å². The molecule has 0 saturated carbocycles. The summed E-state index contributed by atoms with van der Waals surface area (Å²) < 4.78 is 14.5. The van der Waals surface area contributed by atoms with Gasteiger partial charge in [-0.25, -0.2) is 9.18 Å². The molecule has 1 aromatic carbocycles. The minimum atomic E-state index is -0.557. The molecule has 4 rings (SSSR count). The molecule has 2 aliphatic rings. The van der Waals surface area contributed by atoms with Crippen molar-refractivity contribution in [3.05, 3.63) is 61.2 Å². The van der Waals surface area contributed by atoms with Gasteiger partial charge >= 0.3 is 6.03 Å². The minimum Gasteiger partial charge on any atom is -0.329 e. The standard InChI is InChI=1S/C17H14BrClFN3O2/c18-11-5-13(20)14(6-12(11)19)22-17(25)23-9-1-2-15(23)10-7-21-16(24)4-8(10)3-9/h4-7,9,15H,1-3H2,(H,21,24)(H,22,25). The topological polar surface area (TPSA) is 65.2 Å². The van der Waals surface area contributed by atoms with E-state index in [1.807, 2.05) is 0 Å². The van der Waals surface area contributed by atoms with Crippen LogP contribution in [0.15, 0.2) is 33.7 Å². The molecule has 2 atom stereocenters. The summed E-state index contributed by atoms with van der Waals surface area (Å²) in [5.74, 6) is -0.557. The summed E-state index contributed by atoms with van der Waals surface area (Å²) in [6.45, 7) is 0. The molecule has 1 fully saturated rings. The summed E-state index contributed by atoms with van der Waals surface area (Å²) >= 11 is 9.15. The fraction of sp³-hybridized carbons (Fsp3) is 0.294. The van der Waals surface area contributed by atoms with E-state index in [9.17, 15) is 14.0 Å². The Morgan fingerprint density at radius 1 is 1.36 bits per heavy atom. The lowest BCUT2D eigenvalue weighted by molar-refractivity contribution is 0.179. The third kappa shape index (κ3) is 2.85. The molecule has 1 saturated heterocycles. The van der Waals surface area contributed by atoms with E-state index in [1.54, 1.807) is 17.2 Å². The number of pyridine rings is 1. The third-order valence-electron chi connectivity index (χ3n) is 4.85. The molecule has 2 N–H and O–H groups in total. The van der Waals surface area contributed by atoms with Crippen molar-refractivity contribution in [2.24, 2.45) is 0 Å². The van der Waals surface area contributed by atoms with Crippen LogP contribution in [0.1, 0.15) is 30.0 Å². The Kier molecular flexibility index (Phi) is 4.08. The number of hydrogen-bond acceptors (Lipinski definition) is 2. The summed E-state index contributed by atoms with van der Waals surface area (Å²) in [5, 5.41) is 2.95. The monoisotopic (exact) mass is 425 g/mol. The van der Waals surface area contributed by atoms with Crippen molar-refractivity contribution in [1.82, 2.24) is 9.88 Å². The highest BCUT2D eigenvalue weighted by atomic mass is 79.9. The van der Waals surface area contributed by atoms with Gasteiger partial charge in [0.05, 0.1) is 16.8 Å². The lowest BCUT2D eigenvalue weighted by Gasteiger charge is -2.36. The number of carbonyl (C=O) groups is 1. The van der Waals surface area contributed by atoms with Crippen LogP contribution in [0, 0.1) is 5.82 Å². The van der Waals surface area contributed by atoms with Gasteiger partial charge in [-0.15, -0.1) is 0 Å². The normalized spacial score (nSPS) is 21.2. The number of halogens is 3. The second kappa shape index (κ2) is 6.14. The van der Waals surface area contributed by atoms with Crippen molar-refractivity contribution in [3.8, 4) is 0 Å². The van der Waals surface area contributed by atoms with Crippen LogP contribution in [0.25, 0.3) is 0 Å². The van der Waals surface area contributed by atoms with Crippen LogP contribution in [0.5, 0.6) is 0 Å². The first-order valence-electron chi connectivity index (χ1n) is 7.89. The molecule has 25 heavy (non-hydrogen) atoms. The summed E-state index contributed by atoms with van der Waals surface area (Å²) in [7, 11) is 0. The number of nitrogens with zero attached hydrogens (tertiary/aromatic N) is 1. The Balaban J connectivity index is 1.63. The predicted octanol–water partition coefficient (Wildman–Crippen LogP) is 4.22. The maximum atomic E-state index is 14.1. The van der Waals surface area contributed by atoms with Crippen LogP contribution in [-0.2, 0) is 6.42 Å². The molecule has 2 bridgehead atoms. The second-order valence-electron chi connectivity index (χ2n) is 6.31. The van der Waals surface area contributed by atoms with E-state index >= 15 is 0 Å². The average Bonchev–Trinajstić information content (AvgIpc) is 2.88. The maximum Gasteiger partial charge on any atom is 0.322 e. The van der Waals surface area contributed by atoms with Gasteiger partial charge in [0.15, 0.2) is 0 Å². The van der Waals surface area contributed by atoms with E-state index in [0.717, 1.165) is 24.0 Å². The molecule has 2 aromatic rings. The molecule has 0 spiro atoms. The number of amides is 2. The zero-order valence-corrected chi connectivity index (χ0v) is 15.3. The Bertz CT molecular complexity index is 933. The number of fused-ring (bicyclic) bond motifs is 4. The van der Waals surface area contributed by atoms with E-state index in [2.05, 4.69) is 26.2 Å². The first kappa shape index (κ1) is 16.6. The van der Waals surface area contributed by atoms with Crippen LogP contribution in [0.4, 0.5) is 14.9 Å². The van der Waals surface area contributed by atoms with E-state index in [4.69, 9.17) is 11.6 Å². The van der Waals surface area contributed by atoms with Gasteiger partial charge in [0.25, 0.3) is 0 Å². The van der Waals surface area contributed by atoms with Gasteiger partial charge in [0.1, 0.15) is 5.82 Å². The molecule has 2 amide bonds. The van der Waals surface area contributed by atoms with E-state index in [-0.39, 0.29) is 29.4 Å². The van der Waals surface area contributed by atoms with Crippen LogP contribution >= 0.6 is 27.5 Å². The van der Waals surface area contributed by atoms with Crippen LogP contribution < -0.4 is 10.9 Å². The summed E-state index contributed by atoms with van der Waals surface area (Å²) in [6.07, 6.45) is 3.99. The molecule has 5 nitrogen and oxygen atoms in total. The molecule has 2 unspecified atom stereocenters.